The second-order valence-corrected chi connectivity index (χ2v) is 10.5. The Morgan fingerprint density at radius 1 is 0.791 bits per heavy atom. The van der Waals surface area contributed by atoms with Crippen molar-refractivity contribution in [1.29, 1.82) is 0 Å². The maximum atomic E-state index is 6.34. The molecule has 0 saturated heterocycles. The minimum Gasteiger partial charge on any atom is -0.509 e. The molecule has 6 heteroatoms. The van der Waals surface area contributed by atoms with Crippen molar-refractivity contribution >= 4 is 21.8 Å². The number of benzene rings is 4. The Morgan fingerprint density at radius 3 is 2.35 bits per heavy atom. The van der Waals surface area contributed by atoms with Crippen LogP contribution in [0.15, 0.2) is 104 Å². The number of rotatable bonds is 7. The molecular weight excluding hydrogens is 712 g/mol. The van der Waals surface area contributed by atoms with Gasteiger partial charge >= 0.3 is 21.1 Å². The molecule has 0 bridgehead atoms. The van der Waals surface area contributed by atoms with E-state index in [0.29, 0.717) is 11.5 Å². The van der Waals surface area contributed by atoms with Gasteiger partial charge in [-0.25, -0.2) is 4.98 Å². The van der Waals surface area contributed by atoms with Crippen LogP contribution in [0.25, 0.3) is 44.4 Å². The molecule has 0 atom stereocenters. The summed E-state index contributed by atoms with van der Waals surface area (Å²) in [6, 6.07) is 35.8. The average Bonchev–Trinajstić information content (AvgIpc) is 3.64. The molecule has 0 unspecified atom stereocenters. The molecule has 0 amide bonds. The minimum atomic E-state index is 0. The van der Waals surface area contributed by atoms with Gasteiger partial charge in [0, 0.05) is 35.0 Å². The zero-order valence-corrected chi connectivity index (χ0v) is 26.5. The van der Waals surface area contributed by atoms with Crippen LogP contribution in [0, 0.1) is 19.1 Å². The van der Waals surface area contributed by atoms with Crippen molar-refractivity contribution < 1.29 is 25.8 Å². The first kappa shape index (κ1) is 28.6. The number of aromatic nitrogens is 4. The Morgan fingerprint density at radius 2 is 1.56 bits per heavy atom. The van der Waals surface area contributed by atoms with Crippen LogP contribution in [0.3, 0.4) is 0 Å². The van der Waals surface area contributed by atoms with Gasteiger partial charge in [-0.3, -0.25) is 4.68 Å². The van der Waals surface area contributed by atoms with E-state index >= 15 is 0 Å². The standard InChI is InChI=1S/C37H30N4O.Pt/c1-4-26-10-8-11-27(5-2)37(26)28-23-39-40(24-28)29-12-9-13-30(21-29)42-31-16-17-33-32-14-6-7-15-34(32)41(35(33)22-31)36-20-25(3)18-19-38-36;/h6-20,23-24H,4-5H2,1-3H3;/q-2;+2. The van der Waals surface area contributed by atoms with E-state index in [0.717, 1.165) is 57.3 Å². The van der Waals surface area contributed by atoms with Crippen LogP contribution in [-0.4, -0.2) is 19.3 Å². The van der Waals surface area contributed by atoms with E-state index in [9.17, 15) is 0 Å². The molecule has 0 fully saturated rings. The molecule has 4 aromatic carbocycles. The van der Waals surface area contributed by atoms with Crippen molar-refractivity contribution in [1.82, 2.24) is 19.3 Å². The fourth-order valence-electron chi connectivity index (χ4n) is 5.76. The summed E-state index contributed by atoms with van der Waals surface area (Å²) in [4.78, 5) is 4.67. The third-order valence-corrected chi connectivity index (χ3v) is 7.78. The summed E-state index contributed by atoms with van der Waals surface area (Å²) >= 11 is 0. The number of nitrogens with zero attached hydrogens (tertiary/aromatic N) is 4. The number of fused-ring (bicyclic) bond motifs is 3. The summed E-state index contributed by atoms with van der Waals surface area (Å²) in [5.74, 6) is 2.06. The molecule has 5 nitrogen and oxygen atoms in total. The van der Waals surface area contributed by atoms with Crippen LogP contribution in [-0.2, 0) is 33.9 Å². The van der Waals surface area contributed by atoms with Gasteiger partial charge in [-0.1, -0.05) is 55.8 Å². The van der Waals surface area contributed by atoms with Crippen molar-refractivity contribution in [2.75, 3.05) is 0 Å². The monoisotopic (exact) mass is 741 g/mol. The van der Waals surface area contributed by atoms with Crippen LogP contribution in [0.1, 0.15) is 30.5 Å². The molecule has 0 spiro atoms. The zero-order valence-electron chi connectivity index (χ0n) is 24.2. The van der Waals surface area contributed by atoms with E-state index in [-0.39, 0.29) is 21.1 Å². The Hall–Kier alpha value is -4.47. The van der Waals surface area contributed by atoms with Gasteiger partial charge in [-0.2, -0.15) is 17.2 Å². The topological polar surface area (TPSA) is 44.9 Å². The Kier molecular flexibility index (Phi) is 8.01. The first-order valence-corrected chi connectivity index (χ1v) is 14.4. The van der Waals surface area contributed by atoms with E-state index in [2.05, 4.69) is 103 Å². The van der Waals surface area contributed by atoms with Gasteiger partial charge in [-0.15, -0.1) is 35.7 Å². The summed E-state index contributed by atoms with van der Waals surface area (Å²) in [6.07, 6.45) is 7.81. The summed E-state index contributed by atoms with van der Waals surface area (Å²) in [6.45, 7) is 6.47. The fraction of sp³-hybridized carbons (Fsp3) is 0.135. The van der Waals surface area contributed by atoms with Crippen molar-refractivity contribution in [2.45, 2.75) is 33.6 Å². The predicted molar refractivity (Wildman–Crippen MR) is 169 cm³/mol. The molecular formula is C37H30N4OPt. The van der Waals surface area contributed by atoms with Crippen LogP contribution in [0.5, 0.6) is 11.5 Å². The molecule has 0 aliphatic carbocycles. The van der Waals surface area contributed by atoms with E-state index in [1.54, 1.807) is 0 Å². The summed E-state index contributed by atoms with van der Waals surface area (Å²) in [5.41, 5.74) is 9.01. The molecule has 0 aliphatic heterocycles. The van der Waals surface area contributed by atoms with Gasteiger partial charge in [0.1, 0.15) is 5.82 Å². The molecule has 7 aromatic rings. The van der Waals surface area contributed by atoms with Gasteiger partial charge in [0.05, 0.1) is 6.20 Å². The first-order chi connectivity index (χ1) is 20.6. The van der Waals surface area contributed by atoms with Gasteiger partial charge in [0.25, 0.3) is 0 Å². The molecule has 214 valence electrons. The van der Waals surface area contributed by atoms with E-state index in [1.165, 1.54) is 16.7 Å². The molecule has 0 saturated carbocycles. The van der Waals surface area contributed by atoms with Gasteiger partial charge in [-0.05, 0) is 71.3 Å². The summed E-state index contributed by atoms with van der Waals surface area (Å²) in [5, 5.41) is 6.94. The summed E-state index contributed by atoms with van der Waals surface area (Å²) < 4.78 is 10.3. The van der Waals surface area contributed by atoms with Crippen LogP contribution >= 0.6 is 0 Å². The molecule has 0 radical (unpaired) electrons. The number of aryl methyl sites for hydroxylation is 3. The van der Waals surface area contributed by atoms with Gasteiger partial charge in [0.2, 0.25) is 0 Å². The van der Waals surface area contributed by atoms with E-state index in [4.69, 9.17) is 9.84 Å². The number of para-hydroxylation sites is 1. The van der Waals surface area contributed by atoms with Gasteiger partial charge < -0.3 is 9.30 Å². The van der Waals surface area contributed by atoms with Gasteiger partial charge in [0.15, 0.2) is 0 Å². The SMILES string of the molecule is CCc1cccc(CC)c1-c1cnn(-c2[c-]c(Oc3[c-]c4c(cc3)c3ccccc3n4-c3cc(C)ccn3)ccc2)c1.[Pt+2]. The van der Waals surface area contributed by atoms with Crippen molar-refractivity contribution in [3.8, 4) is 34.1 Å². The molecule has 3 aromatic heterocycles. The predicted octanol–water partition coefficient (Wildman–Crippen LogP) is 8.85. The Labute approximate surface area is 266 Å². The largest absolute Gasteiger partial charge is 2.00 e. The van der Waals surface area contributed by atoms with Crippen LogP contribution < -0.4 is 4.74 Å². The second kappa shape index (κ2) is 12.0. The van der Waals surface area contributed by atoms with E-state index in [1.807, 2.05) is 47.4 Å². The van der Waals surface area contributed by atoms with Crippen LogP contribution in [0.2, 0.25) is 0 Å². The minimum absolute atomic E-state index is 0. The third-order valence-electron chi connectivity index (χ3n) is 7.78. The van der Waals surface area contributed by atoms with Crippen molar-refractivity contribution in [3.63, 3.8) is 0 Å². The normalized spacial score (nSPS) is 11.1. The Balaban J connectivity index is 0.00000329. The molecule has 7 rings (SSSR count). The third kappa shape index (κ3) is 5.30. The number of pyridine rings is 1. The van der Waals surface area contributed by atoms with Crippen molar-refractivity contribution in [2.24, 2.45) is 0 Å². The smallest absolute Gasteiger partial charge is 0.509 e. The quantitative estimate of drug-likeness (QED) is 0.154. The second-order valence-electron chi connectivity index (χ2n) is 10.5. The maximum absolute atomic E-state index is 6.34. The maximum Gasteiger partial charge on any atom is 2.00 e. The molecule has 3 heterocycles. The van der Waals surface area contributed by atoms with E-state index < -0.39 is 0 Å². The summed E-state index contributed by atoms with van der Waals surface area (Å²) in [7, 11) is 0. The van der Waals surface area contributed by atoms with Crippen LogP contribution in [0.4, 0.5) is 0 Å². The molecule has 0 aliphatic rings. The first-order valence-electron chi connectivity index (χ1n) is 14.4. The number of hydrogen-bond acceptors (Lipinski definition) is 3. The number of ether oxygens (including phenoxy) is 1. The fourth-order valence-corrected chi connectivity index (χ4v) is 5.76. The molecule has 0 N–H and O–H groups in total. The van der Waals surface area contributed by atoms with Crippen molar-refractivity contribution in [3.05, 3.63) is 132 Å². The molecule has 43 heavy (non-hydrogen) atoms. The number of hydrogen-bond donors (Lipinski definition) is 0. The average molecular weight is 742 g/mol. The zero-order chi connectivity index (χ0) is 28.6. The Bertz CT molecular complexity index is 2050.